The summed E-state index contributed by atoms with van der Waals surface area (Å²) in [5, 5.41) is 11.3. The highest BCUT2D eigenvalue weighted by Gasteiger charge is 2.45. The number of unbranched alkanes of at least 4 members (excludes halogenated alkanes) is 9. The molecule has 1 saturated heterocycles. The molecular formula is C32H48O4S. The zero-order valence-corrected chi connectivity index (χ0v) is 23.7. The van der Waals surface area contributed by atoms with Crippen molar-refractivity contribution in [2.75, 3.05) is 5.75 Å². The second kappa shape index (κ2) is 18.0. The highest BCUT2D eigenvalue weighted by atomic mass is 32.2. The molecule has 0 saturated carbocycles. The third-order valence-electron chi connectivity index (χ3n) is 7.10. The van der Waals surface area contributed by atoms with E-state index in [-0.39, 0.29) is 17.6 Å². The van der Waals surface area contributed by atoms with Gasteiger partial charge in [0.25, 0.3) is 0 Å². The summed E-state index contributed by atoms with van der Waals surface area (Å²) in [7, 11) is 0. The zero-order valence-electron chi connectivity index (χ0n) is 22.9. The lowest BCUT2D eigenvalue weighted by Crippen LogP contribution is -2.57. The van der Waals surface area contributed by atoms with Crippen molar-refractivity contribution in [3.8, 4) is 0 Å². The van der Waals surface area contributed by atoms with Gasteiger partial charge in [0.15, 0.2) is 0 Å². The van der Waals surface area contributed by atoms with Gasteiger partial charge in [-0.25, -0.2) is 0 Å². The third-order valence-corrected chi connectivity index (χ3v) is 8.34. The van der Waals surface area contributed by atoms with E-state index in [9.17, 15) is 5.11 Å². The van der Waals surface area contributed by atoms with Crippen molar-refractivity contribution in [3.63, 3.8) is 0 Å². The maximum absolute atomic E-state index is 11.3. The van der Waals surface area contributed by atoms with Gasteiger partial charge in [-0.05, 0) is 30.2 Å². The smallest absolute Gasteiger partial charge is 0.132 e. The average molecular weight is 529 g/mol. The van der Waals surface area contributed by atoms with Crippen LogP contribution in [0.5, 0.6) is 0 Å². The lowest BCUT2D eigenvalue weighted by Gasteiger charge is -2.43. The van der Waals surface area contributed by atoms with Gasteiger partial charge in [0, 0.05) is 0 Å². The average Bonchev–Trinajstić information content (AvgIpc) is 2.93. The van der Waals surface area contributed by atoms with Crippen molar-refractivity contribution < 1.29 is 19.3 Å². The molecule has 1 aliphatic heterocycles. The number of aliphatic hydroxyl groups excluding tert-OH is 1. The molecule has 1 N–H and O–H groups in total. The topological polar surface area (TPSA) is 47.9 Å². The SMILES string of the molecule is CCCCCCCCCCCCS[C@@H]1O[C@H](C)[C@@H](OCc2ccccc2)[C@H](OCc2ccccc2)[C@H]1O. The molecule has 0 spiro atoms. The van der Waals surface area contributed by atoms with Crippen molar-refractivity contribution in [1.29, 1.82) is 0 Å². The molecule has 5 heteroatoms. The second-order valence-corrected chi connectivity index (χ2v) is 11.5. The lowest BCUT2D eigenvalue weighted by molar-refractivity contribution is -0.229. The van der Waals surface area contributed by atoms with Crippen molar-refractivity contribution in [3.05, 3.63) is 71.8 Å². The summed E-state index contributed by atoms with van der Waals surface area (Å²) in [6.45, 7) is 5.21. The number of benzene rings is 2. The molecule has 37 heavy (non-hydrogen) atoms. The van der Waals surface area contributed by atoms with E-state index in [0.717, 1.165) is 23.3 Å². The molecule has 5 atom stereocenters. The van der Waals surface area contributed by atoms with Crippen LogP contribution in [0.15, 0.2) is 60.7 Å². The Bertz CT molecular complexity index is 818. The summed E-state index contributed by atoms with van der Waals surface area (Å²) in [5.41, 5.74) is 1.89. The first-order valence-corrected chi connectivity index (χ1v) is 15.5. The quantitative estimate of drug-likeness (QED) is 0.199. The Balaban J connectivity index is 1.45. The minimum Gasteiger partial charge on any atom is -0.387 e. The molecular weight excluding hydrogens is 480 g/mol. The van der Waals surface area contributed by atoms with Crippen LogP contribution >= 0.6 is 11.8 Å². The summed E-state index contributed by atoms with van der Waals surface area (Å²) in [6.07, 6.45) is 11.6. The van der Waals surface area contributed by atoms with Crippen LogP contribution in [0.3, 0.4) is 0 Å². The van der Waals surface area contributed by atoms with Gasteiger partial charge in [0.2, 0.25) is 0 Å². The lowest BCUT2D eigenvalue weighted by atomic mass is 10.00. The number of rotatable bonds is 18. The van der Waals surface area contributed by atoms with Crippen LogP contribution in [0.4, 0.5) is 0 Å². The minimum absolute atomic E-state index is 0.168. The van der Waals surface area contributed by atoms with E-state index in [0.29, 0.717) is 13.2 Å². The molecule has 0 unspecified atom stereocenters. The first-order valence-electron chi connectivity index (χ1n) is 14.4. The van der Waals surface area contributed by atoms with Crippen molar-refractivity contribution in [1.82, 2.24) is 0 Å². The van der Waals surface area contributed by atoms with Gasteiger partial charge < -0.3 is 19.3 Å². The number of thioether (sulfide) groups is 1. The third kappa shape index (κ3) is 11.1. The number of aliphatic hydroxyl groups is 1. The molecule has 0 aromatic heterocycles. The van der Waals surface area contributed by atoms with Crippen LogP contribution in [-0.4, -0.2) is 40.7 Å². The Morgan fingerprint density at radius 2 is 1.19 bits per heavy atom. The van der Waals surface area contributed by atoms with Crippen LogP contribution in [-0.2, 0) is 27.4 Å². The molecule has 0 radical (unpaired) electrons. The van der Waals surface area contributed by atoms with Crippen LogP contribution in [0.1, 0.15) is 89.2 Å². The number of ether oxygens (including phenoxy) is 3. The predicted molar refractivity (Wildman–Crippen MR) is 155 cm³/mol. The van der Waals surface area contributed by atoms with E-state index in [2.05, 4.69) is 19.1 Å². The Morgan fingerprint density at radius 3 is 1.73 bits per heavy atom. The molecule has 2 aromatic carbocycles. The summed E-state index contributed by atoms with van der Waals surface area (Å²) >= 11 is 1.72. The standard InChI is InChI=1S/C32H48O4S/c1-3-4-5-6-7-8-9-10-11-18-23-37-32-29(33)31(35-25-28-21-16-13-17-22-28)30(26(2)36-32)34-24-27-19-14-12-15-20-27/h12-17,19-22,26,29-33H,3-11,18,23-25H2,1-2H3/t26-,29-,30-,31-,32+/m1/s1. The maximum atomic E-state index is 11.3. The van der Waals surface area contributed by atoms with E-state index < -0.39 is 12.2 Å². The molecule has 0 bridgehead atoms. The fraction of sp³-hybridized carbons (Fsp3) is 0.625. The Morgan fingerprint density at radius 1 is 0.703 bits per heavy atom. The van der Waals surface area contributed by atoms with Crippen molar-refractivity contribution in [2.24, 2.45) is 0 Å². The van der Waals surface area contributed by atoms with Crippen molar-refractivity contribution >= 4 is 11.8 Å². The van der Waals surface area contributed by atoms with Gasteiger partial charge >= 0.3 is 0 Å². The monoisotopic (exact) mass is 528 g/mol. The fourth-order valence-electron chi connectivity index (χ4n) is 4.87. The van der Waals surface area contributed by atoms with Gasteiger partial charge in [0.05, 0.1) is 19.3 Å². The molecule has 1 fully saturated rings. The maximum Gasteiger partial charge on any atom is 0.132 e. The highest BCUT2D eigenvalue weighted by Crippen LogP contribution is 2.33. The Hall–Kier alpha value is -1.37. The van der Waals surface area contributed by atoms with Crippen LogP contribution < -0.4 is 0 Å². The minimum atomic E-state index is -0.742. The predicted octanol–water partition coefficient (Wildman–Crippen LogP) is 7.92. The molecule has 0 aliphatic carbocycles. The first-order chi connectivity index (χ1) is 18.2. The number of hydrogen-bond donors (Lipinski definition) is 1. The molecule has 1 aliphatic rings. The fourth-order valence-corrected chi connectivity index (χ4v) is 6.08. The zero-order chi connectivity index (χ0) is 26.1. The molecule has 2 aromatic rings. The molecule has 0 amide bonds. The van der Waals surface area contributed by atoms with Gasteiger partial charge in [-0.3, -0.25) is 0 Å². The molecule has 3 rings (SSSR count). The summed E-state index contributed by atoms with van der Waals surface area (Å²) in [4.78, 5) is 0. The molecule has 4 nitrogen and oxygen atoms in total. The van der Waals surface area contributed by atoms with E-state index >= 15 is 0 Å². The van der Waals surface area contributed by atoms with E-state index in [1.165, 1.54) is 57.8 Å². The normalized spacial score (nSPS) is 23.8. The van der Waals surface area contributed by atoms with Gasteiger partial charge in [0.1, 0.15) is 23.7 Å². The van der Waals surface area contributed by atoms with E-state index in [1.54, 1.807) is 11.8 Å². The van der Waals surface area contributed by atoms with Gasteiger partial charge in [-0.1, -0.05) is 125 Å². The van der Waals surface area contributed by atoms with Crippen molar-refractivity contribution in [2.45, 2.75) is 121 Å². The van der Waals surface area contributed by atoms with Gasteiger partial charge in [-0.2, -0.15) is 0 Å². The largest absolute Gasteiger partial charge is 0.387 e. The number of hydrogen-bond acceptors (Lipinski definition) is 5. The first kappa shape index (κ1) is 30.2. The van der Waals surface area contributed by atoms with Crippen LogP contribution in [0.25, 0.3) is 0 Å². The van der Waals surface area contributed by atoms with Gasteiger partial charge in [-0.15, -0.1) is 11.8 Å². The highest BCUT2D eigenvalue weighted by molar-refractivity contribution is 7.99. The van der Waals surface area contributed by atoms with E-state index in [1.807, 2.05) is 55.5 Å². The summed E-state index contributed by atoms with van der Waals surface area (Å²) in [6, 6.07) is 20.2. The molecule has 206 valence electrons. The Labute approximate surface area is 229 Å². The Kier molecular flexibility index (Phi) is 14.7. The summed E-state index contributed by atoms with van der Waals surface area (Å²) < 4.78 is 18.9. The molecule has 1 heterocycles. The van der Waals surface area contributed by atoms with Crippen LogP contribution in [0, 0.1) is 0 Å². The summed E-state index contributed by atoms with van der Waals surface area (Å²) in [5.74, 6) is 0.992. The second-order valence-electron chi connectivity index (χ2n) is 10.3. The van der Waals surface area contributed by atoms with E-state index in [4.69, 9.17) is 14.2 Å². The van der Waals surface area contributed by atoms with Crippen LogP contribution in [0.2, 0.25) is 0 Å².